The molecule has 34 heavy (non-hydrogen) atoms. The molecule has 0 aliphatic rings. The summed E-state index contributed by atoms with van der Waals surface area (Å²) >= 11 is 0. The van der Waals surface area contributed by atoms with Crippen molar-refractivity contribution in [1.29, 1.82) is 10.5 Å². The van der Waals surface area contributed by atoms with Crippen LogP contribution in [-0.2, 0) is 0 Å². The summed E-state index contributed by atoms with van der Waals surface area (Å²) in [5.74, 6) is 0.464. The Morgan fingerprint density at radius 2 is 1.03 bits per heavy atom. The number of fused-ring (bicyclic) bond motifs is 1. The van der Waals surface area contributed by atoms with Gasteiger partial charge in [0.2, 0.25) is 11.5 Å². The zero-order valence-corrected chi connectivity index (χ0v) is 17.2. The minimum atomic E-state index is -0.639. The van der Waals surface area contributed by atoms with Gasteiger partial charge in [-0.3, -0.25) is 20.2 Å². The smallest absolute Gasteiger partial charge is 0.312 e. The van der Waals surface area contributed by atoms with Crippen molar-refractivity contribution in [2.45, 2.75) is 0 Å². The molecule has 0 atom stereocenters. The lowest BCUT2D eigenvalue weighted by atomic mass is 10.1. The molecule has 10 heteroatoms. The van der Waals surface area contributed by atoms with Gasteiger partial charge in [-0.2, -0.15) is 10.5 Å². The molecule has 0 heterocycles. The first-order chi connectivity index (χ1) is 16.4. The van der Waals surface area contributed by atoms with Crippen molar-refractivity contribution in [1.82, 2.24) is 0 Å². The maximum absolute atomic E-state index is 11.5. The lowest BCUT2D eigenvalue weighted by Gasteiger charge is -2.13. The lowest BCUT2D eigenvalue weighted by molar-refractivity contribution is -0.385. The summed E-state index contributed by atoms with van der Waals surface area (Å²) in [5.41, 5.74) is -0.485. The molecule has 0 spiro atoms. The Balaban J connectivity index is 1.77. The molecule has 0 fully saturated rings. The van der Waals surface area contributed by atoms with Crippen LogP contribution in [0.1, 0.15) is 11.1 Å². The number of ether oxygens (including phenoxy) is 2. The van der Waals surface area contributed by atoms with Crippen LogP contribution in [0.3, 0.4) is 0 Å². The third-order valence-corrected chi connectivity index (χ3v) is 4.85. The number of nitro benzene ring substituents is 2. The van der Waals surface area contributed by atoms with Crippen LogP contribution in [-0.4, -0.2) is 9.85 Å². The number of hydrogen-bond acceptors (Lipinski definition) is 8. The molecule has 0 radical (unpaired) electrons. The minimum absolute atomic E-state index is 0.0504. The van der Waals surface area contributed by atoms with E-state index in [1.54, 1.807) is 36.4 Å². The lowest BCUT2D eigenvalue weighted by Crippen LogP contribution is -1.96. The van der Waals surface area contributed by atoms with Crippen LogP contribution < -0.4 is 9.47 Å². The number of nitriles is 2. The highest BCUT2D eigenvalue weighted by Crippen LogP contribution is 2.40. The van der Waals surface area contributed by atoms with Gasteiger partial charge in [0.05, 0.1) is 33.1 Å². The summed E-state index contributed by atoms with van der Waals surface area (Å²) in [6, 6.07) is 21.4. The molecule has 0 aliphatic heterocycles. The quantitative estimate of drug-likeness (QED) is 0.256. The molecule has 4 rings (SSSR count). The van der Waals surface area contributed by atoms with Gasteiger partial charge in [-0.15, -0.1) is 0 Å². The number of benzene rings is 4. The monoisotopic (exact) mass is 452 g/mol. The van der Waals surface area contributed by atoms with Gasteiger partial charge in [0.25, 0.3) is 0 Å². The highest BCUT2D eigenvalue weighted by Gasteiger charge is 2.20. The fourth-order valence-corrected chi connectivity index (χ4v) is 3.30. The van der Waals surface area contributed by atoms with Crippen LogP contribution in [0.5, 0.6) is 23.0 Å². The SMILES string of the molecule is N#Cc1ccc(Oc2cccc3c(Oc4ccc(C#N)cc4[N+](=O)[O-])cccc23)c([N+](=O)[O-])c1. The van der Waals surface area contributed by atoms with Crippen LogP contribution in [0.4, 0.5) is 11.4 Å². The molecule has 164 valence electrons. The largest absolute Gasteiger partial charge is 0.449 e. The first-order valence-corrected chi connectivity index (χ1v) is 9.66. The summed E-state index contributed by atoms with van der Waals surface area (Å²) in [6.07, 6.45) is 0. The summed E-state index contributed by atoms with van der Waals surface area (Å²) in [7, 11) is 0. The van der Waals surface area contributed by atoms with Crippen LogP contribution in [0, 0.1) is 42.9 Å². The van der Waals surface area contributed by atoms with Crippen LogP contribution in [0.15, 0.2) is 72.8 Å². The fraction of sp³-hybridized carbons (Fsp3) is 0. The van der Waals surface area contributed by atoms with E-state index in [1.165, 1.54) is 24.3 Å². The van der Waals surface area contributed by atoms with Gasteiger partial charge in [-0.05, 0) is 36.4 Å². The highest BCUT2D eigenvalue weighted by molar-refractivity contribution is 5.93. The predicted molar refractivity (Wildman–Crippen MR) is 120 cm³/mol. The van der Waals surface area contributed by atoms with Crippen molar-refractivity contribution < 1.29 is 19.3 Å². The van der Waals surface area contributed by atoms with Gasteiger partial charge in [-0.1, -0.05) is 24.3 Å². The van der Waals surface area contributed by atoms with Gasteiger partial charge < -0.3 is 9.47 Å². The first kappa shape index (κ1) is 21.7. The van der Waals surface area contributed by atoms with Crippen LogP contribution in [0.2, 0.25) is 0 Å². The van der Waals surface area contributed by atoms with Crippen molar-refractivity contribution >= 4 is 22.1 Å². The Bertz CT molecular complexity index is 1440. The third kappa shape index (κ3) is 4.15. The molecule has 4 aromatic carbocycles. The van der Waals surface area contributed by atoms with Gasteiger partial charge in [0.15, 0.2) is 0 Å². The summed E-state index contributed by atoms with van der Waals surface area (Å²) < 4.78 is 11.7. The van der Waals surface area contributed by atoms with Crippen molar-refractivity contribution in [3.05, 3.63) is 104 Å². The number of nitrogens with zero attached hydrogens (tertiary/aromatic N) is 4. The normalized spacial score (nSPS) is 10.2. The molecule has 0 bridgehead atoms. The molecule has 0 amide bonds. The second-order valence-electron chi connectivity index (χ2n) is 6.91. The second kappa shape index (κ2) is 8.94. The molecule has 0 unspecified atom stereocenters. The minimum Gasteiger partial charge on any atom is -0.449 e. The Morgan fingerprint density at radius 1 is 0.618 bits per heavy atom. The summed E-state index contributed by atoms with van der Waals surface area (Å²) in [6.45, 7) is 0. The molecule has 4 aromatic rings. The molecule has 0 saturated heterocycles. The van der Waals surface area contributed by atoms with Crippen molar-refractivity contribution in [3.63, 3.8) is 0 Å². The molecular formula is C24H12N4O6. The fourth-order valence-electron chi connectivity index (χ4n) is 3.30. The van der Waals surface area contributed by atoms with E-state index in [-0.39, 0.29) is 45.5 Å². The predicted octanol–water partition coefficient (Wildman–Crippen LogP) is 5.98. The number of hydrogen-bond donors (Lipinski definition) is 0. The van der Waals surface area contributed by atoms with Crippen molar-refractivity contribution in [3.8, 4) is 35.1 Å². The average molecular weight is 452 g/mol. The summed E-state index contributed by atoms with van der Waals surface area (Å²) in [5, 5.41) is 42.0. The molecule has 0 N–H and O–H groups in total. The van der Waals surface area contributed by atoms with E-state index in [2.05, 4.69) is 0 Å². The van der Waals surface area contributed by atoms with E-state index in [0.29, 0.717) is 10.8 Å². The Labute approximate surface area is 191 Å². The molecule has 0 saturated carbocycles. The van der Waals surface area contributed by atoms with E-state index < -0.39 is 9.85 Å². The van der Waals surface area contributed by atoms with Gasteiger partial charge >= 0.3 is 11.4 Å². The standard InChI is InChI=1S/C24H12N4O6/c25-13-15-7-9-23(19(11-15)27(29)30)33-21-5-1-3-17-18(21)4-2-6-22(17)34-24-10-8-16(14-26)12-20(24)28(31)32/h1-12H. The van der Waals surface area contributed by atoms with E-state index >= 15 is 0 Å². The van der Waals surface area contributed by atoms with Gasteiger partial charge in [-0.25, -0.2) is 0 Å². The Morgan fingerprint density at radius 3 is 1.38 bits per heavy atom. The van der Waals surface area contributed by atoms with Crippen LogP contribution >= 0.6 is 0 Å². The molecule has 0 aromatic heterocycles. The van der Waals surface area contributed by atoms with Crippen molar-refractivity contribution in [2.24, 2.45) is 0 Å². The topological polar surface area (TPSA) is 152 Å². The van der Waals surface area contributed by atoms with Gasteiger partial charge in [0.1, 0.15) is 11.5 Å². The number of rotatable bonds is 6. The third-order valence-electron chi connectivity index (χ3n) is 4.85. The van der Waals surface area contributed by atoms with E-state index in [1.807, 2.05) is 12.1 Å². The molecule has 10 nitrogen and oxygen atoms in total. The van der Waals surface area contributed by atoms with E-state index in [0.717, 1.165) is 12.1 Å². The first-order valence-electron chi connectivity index (χ1n) is 9.66. The Kier molecular flexibility index (Phi) is 5.72. The van der Waals surface area contributed by atoms with Crippen molar-refractivity contribution in [2.75, 3.05) is 0 Å². The van der Waals surface area contributed by atoms with E-state index in [4.69, 9.17) is 20.0 Å². The maximum Gasteiger partial charge on any atom is 0.312 e. The number of nitro groups is 2. The molecular weight excluding hydrogens is 440 g/mol. The highest BCUT2D eigenvalue weighted by atomic mass is 16.6. The van der Waals surface area contributed by atoms with Gasteiger partial charge in [0, 0.05) is 22.9 Å². The molecule has 0 aliphatic carbocycles. The zero-order valence-electron chi connectivity index (χ0n) is 17.2. The van der Waals surface area contributed by atoms with E-state index in [9.17, 15) is 20.2 Å². The average Bonchev–Trinajstić information content (AvgIpc) is 2.84. The second-order valence-corrected chi connectivity index (χ2v) is 6.91. The summed E-state index contributed by atoms with van der Waals surface area (Å²) in [4.78, 5) is 21.6. The maximum atomic E-state index is 11.5. The van der Waals surface area contributed by atoms with Crippen LogP contribution in [0.25, 0.3) is 10.8 Å². The Hall–Kier alpha value is -5.48. The zero-order chi connectivity index (χ0) is 24.2.